The highest BCUT2D eigenvalue weighted by atomic mass is 19.1. The first-order valence-electron chi connectivity index (χ1n) is 5.76. The standard InChI is InChI=1S/C13H18FNO2/c1-9-4-10(14)6-11(5-9)15-12-7-16-13(2,3)17-8-12/h4-6,12,15H,7-8H2,1-3H3. The van der Waals surface area contributed by atoms with Crippen LogP contribution >= 0.6 is 0 Å². The molecule has 0 unspecified atom stereocenters. The second-order valence-electron chi connectivity index (χ2n) is 4.88. The lowest BCUT2D eigenvalue weighted by molar-refractivity contribution is -0.247. The molecule has 0 amide bonds. The van der Waals surface area contributed by atoms with Crippen molar-refractivity contribution in [3.8, 4) is 0 Å². The number of rotatable bonds is 2. The third kappa shape index (κ3) is 3.41. The number of halogens is 1. The number of anilines is 1. The maximum absolute atomic E-state index is 13.2. The summed E-state index contributed by atoms with van der Waals surface area (Å²) in [5.74, 6) is -0.749. The van der Waals surface area contributed by atoms with Crippen LogP contribution in [0.2, 0.25) is 0 Å². The Kier molecular flexibility index (Phi) is 3.35. The monoisotopic (exact) mass is 239 g/mol. The topological polar surface area (TPSA) is 30.5 Å². The Labute approximate surface area is 101 Å². The fourth-order valence-corrected chi connectivity index (χ4v) is 1.83. The molecule has 0 aliphatic carbocycles. The Balaban J connectivity index is 1.97. The molecule has 1 heterocycles. The molecule has 1 saturated heterocycles. The van der Waals surface area contributed by atoms with Gasteiger partial charge in [-0.05, 0) is 44.5 Å². The van der Waals surface area contributed by atoms with Crippen molar-refractivity contribution in [1.82, 2.24) is 0 Å². The summed E-state index contributed by atoms with van der Waals surface area (Å²) in [4.78, 5) is 0. The van der Waals surface area contributed by atoms with Gasteiger partial charge in [-0.1, -0.05) is 0 Å². The van der Waals surface area contributed by atoms with Crippen LogP contribution < -0.4 is 5.32 Å². The van der Waals surface area contributed by atoms with E-state index in [1.807, 2.05) is 26.8 Å². The van der Waals surface area contributed by atoms with Crippen LogP contribution in [0.15, 0.2) is 18.2 Å². The molecule has 1 N–H and O–H groups in total. The van der Waals surface area contributed by atoms with Gasteiger partial charge in [0.1, 0.15) is 5.82 Å². The maximum atomic E-state index is 13.2. The van der Waals surface area contributed by atoms with Gasteiger partial charge in [-0.15, -0.1) is 0 Å². The summed E-state index contributed by atoms with van der Waals surface area (Å²) < 4.78 is 24.3. The summed E-state index contributed by atoms with van der Waals surface area (Å²) in [6.07, 6.45) is 0. The van der Waals surface area contributed by atoms with Crippen LogP contribution in [-0.4, -0.2) is 25.0 Å². The number of hydrogen-bond acceptors (Lipinski definition) is 3. The number of hydrogen-bond donors (Lipinski definition) is 1. The smallest absolute Gasteiger partial charge is 0.162 e. The van der Waals surface area contributed by atoms with Crippen molar-refractivity contribution < 1.29 is 13.9 Å². The summed E-state index contributed by atoms with van der Waals surface area (Å²) in [6, 6.07) is 4.95. The zero-order chi connectivity index (χ0) is 12.5. The van der Waals surface area contributed by atoms with E-state index in [1.54, 1.807) is 0 Å². The predicted octanol–water partition coefficient (Wildman–Crippen LogP) is 2.70. The maximum Gasteiger partial charge on any atom is 0.162 e. The lowest BCUT2D eigenvalue weighted by Gasteiger charge is -2.35. The van der Waals surface area contributed by atoms with E-state index >= 15 is 0 Å². The van der Waals surface area contributed by atoms with Crippen molar-refractivity contribution in [3.05, 3.63) is 29.6 Å². The zero-order valence-corrected chi connectivity index (χ0v) is 10.4. The number of aryl methyl sites for hydroxylation is 1. The normalized spacial score (nSPS) is 20.2. The molecule has 17 heavy (non-hydrogen) atoms. The first-order chi connectivity index (χ1) is 7.94. The highest BCUT2D eigenvalue weighted by Crippen LogP contribution is 2.20. The number of ether oxygens (including phenoxy) is 2. The molecule has 3 nitrogen and oxygen atoms in total. The van der Waals surface area contributed by atoms with Gasteiger partial charge in [0.05, 0.1) is 19.3 Å². The highest BCUT2D eigenvalue weighted by Gasteiger charge is 2.28. The Morgan fingerprint density at radius 1 is 1.24 bits per heavy atom. The Bertz CT molecular complexity index is 376. The molecule has 2 rings (SSSR count). The third-order valence-electron chi connectivity index (χ3n) is 2.68. The number of benzene rings is 1. The van der Waals surface area contributed by atoms with Gasteiger partial charge in [0.2, 0.25) is 0 Å². The van der Waals surface area contributed by atoms with E-state index in [0.29, 0.717) is 13.2 Å². The van der Waals surface area contributed by atoms with Crippen molar-refractivity contribution in [3.63, 3.8) is 0 Å². The fraction of sp³-hybridized carbons (Fsp3) is 0.538. The molecule has 0 atom stereocenters. The molecule has 1 fully saturated rings. The summed E-state index contributed by atoms with van der Waals surface area (Å²) in [7, 11) is 0. The van der Waals surface area contributed by atoms with Gasteiger partial charge in [0.15, 0.2) is 5.79 Å². The van der Waals surface area contributed by atoms with E-state index in [-0.39, 0.29) is 11.9 Å². The average molecular weight is 239 g/mol. The van der Waals surface area contributed by atoms with Gasteiger partial charge in [-0.25, -0.2) is 4.39 Å². The minimum Gasteiger partial charge on any atom is -0.378 e. The molecule has 94 valence electrons. The van der Waals surface area contributed by atoms with Gasteiger partial charge in [0.25, 0.3) is 0 Å². The average Bonchev–Trinajstić information content (AvgIpc) is 2.20. The van der Waals surface area contributed by atoms with Crippen LogP contribution in [0.25, 0.3) is 0 Å². The van der Waals surface area contributed by atoms with E-state index in [2.05, 4.69) is 5.32 Å². The van der Waals surface area contributed by atoms with Gasteiger partial charge in [-0.2, -0.15) is 0 Å². The van der Waals surface area contributed by atoms with Crippen LogP contribution in [-0.2, 0) is 9.47 Å². The van der Waals surface area contributed by atoms with Crippen molar-refractivity contribution >= 4 is 5.69 Å². The number of nitrogens with one attached hydrogen (secondary N) is 1. The molecule has 0 radical (unpaired) electrons. The minimum absolute atomic E-state index is 0.0595. The molecule has 1 aromatic rings. The molecule has 4 heteroatoms. The largest absolute Gasteiger partial charge is 0.378 e. The fourth-order valence-electron chi connectivity index (χ4n) is 1.83. The van der Waals surface area contributed by atoms with E-state index in [4.69, 9.17) is 9.47 Å². The Morgan fingerprint density at radius 3 is 2.47 bits per heavy atom. The van der Waals surface area contributed by atoms with Gasteiger partial charge in [0, 0.05) is 5.69 Å². The third-order valence-corrected chi connectivity index (χ3v) is 2.68. The first kappa shape index (κ1) is 12.3. The molecule has 1 aromatic carbocycles. The molecule has 0 spiro atoms. The molecule has 1 aliphatic heterocycles. The van der Waals surface area contributed by atoms with Crippen LogP contribution in [0.5, 0.6) is 0 Å². The molecule has 0 saturated carbocycles. The lowest BCUT2D eigenvalue weighted by Crippen LogP contribution is -2.45. The minimum atomic E-state index is -0.518. The van der Waals surface area contributed by atoms with Crippen molar-refractivity contribution in [2.45, 2.75) is 32.6 Å². The molecule has 1 aliphatic rings. The van der Waals surface area contributed by atoms with Gasteiger partial charge in [-0.3, -0.25) is 0 Å². The predicted molar refractivity (Wildman–Crippen MR) is 64.5 cm³/mol. The van der Waals surface area contributed by atoms with Gasteiger partial charge < -0.3 is 14.8 Å². The lowest BCUT2D eigenvalue weighted by atomic mass is 10.2. The zero-order valence-electron chi connectivity index (χ0n) is 10.4. The van der Waals surface area contributed by atoms with Crippen molar-refractivity contribution in [2.75, 3.05) is 18.5 Å². The molecule has 0 bridgehead atoms. The van der Waals surface area contributed by atoms with Crippen LogP contribution in [0, 0.1) is 12.7 Å². The Morgan fingerprint density at radius 2 is 1.88 bits per heavy atom. The molecule has 0 aromatic heterocycles. The SMILES string of the molecule is Cc1cc(F)cc(NC2COC(C)(C)OC2)c1. The first-order valence-corrected chi connectivity index (χ1v) is 5.76. The van der Waals surface area contributed by atoms with E-state index in [0.717, 1.165) is 11.3 Å². The van der Waals surface area contributed by atoms with Crippen LogP contribution in [0.4, 0.5) is 10.1 Å². The van der Waals surface area contributed by atoms with Crippen LogP contribution in [0.3, 0.4) is 0 Å². The van der Waals surface area contributed by atoms with E-state index < -0.39 is 5.79 Å². The second-order valence-corrected chi connectivity index (χ2v) is 4.88. The quantitative estimate of drug-likeness (QED) is 0.860. The van der Waals surface area contributed by atoms with Crippen molar-refractivity contribution in [1.29, 1.82) is 0 Å². The van der Waals surface area contributed by atoms with Crippen molar-refractivity contribution in [2.24, 2.45) is 0 Å². The second kappa shape index (κ2) is 4.63. The molecular formula is C13H18FNO2. The van der Waals surface area contributed by atoms with E-state index in [9.17, 15) is 4.39 Å². The highest BCUT2D eigenvalue weighted by molar-refractivity contribution is 5.46. The van der Waals surface area contributed by atoms with Gasteiger partial charge >= 0.3 is 0 Å². The van der Waals surface area contributed by atoms with Crippen LogP contribution in [0.1, 0.15) is 19.4 Å². The summed E-state index contributed by atoms with van der Waals surface area (Å²) in [6.45, 7) is 6.75. The molecular weight excluding hydrogens is 221 g/mol. The summed E-state index contributed by atoms with van der Waals surface area (Å²) in [5.41, 5.74) is 1.66. The van der Waals surface area contributed by atoms with E-state index in [1.165, 1.54) is 12.1 Å². The summed E-state index contributed by atoms with van der Waals surface area (Å²) >= 11 is 0. The Hall–Kier alpha value is -1.13. The summed E-state index contributed by atoms with van der Waals surface area (Å²) in [5, 5.41) is 3.21.